The zero-order valence-electron chi connectivity index (χ0n) is 7.24. The molecule has 1 aromatic rings. The van der Waals surface area contributed by atoms with E-state index in [0.717, 1.165) is 11.3 Å². The Bertz CT molecular complexity index is 227. The Morgan fingerprint density at radius 1 is 1.50 bits per heavy atom. The number of aromatic nitrogens is 2. The summed E-state index contributed by atoms with van der Waals surface area (Å²) in [6.07, 6.45) is 3.50. The van der Waals surface area contributed by atoms with Crippen LogP contribution in [0, 0.1) is 0 Å². The van der Waals surface area contributed by atoms with Crippen molar-refractivity contribution >= 4 is 21.9 Å². The number of halogens is 1. The van der Waals surface area contributed by atoms with Gasteiger partial charge in [0.1, 0.15) is 0 Å². The monoisotopic (exact) mass is 229 g/mol. The lowest BCUT2D eigenvalue weighted by atomic mass is 10.4. The maximum atomic E-state index is 4.14. The van der Waals surface area contributed by atoms with Crippen LogP contribution in [-0.2, 0) is 0 Å². The van der Waals surface area contributed by atoms with Gasteiger partial charge in [-0.3, -0.25) is 0 Å². The van der Waals surface area contributed by atoms with E-state index in [1.165, 1.54) is 0 Å². The molecule has 0 saturated carbocycles. The summed E-state index contributed by atoms with van der Waals surface area (Å²) in [4.78, 5) is 10.3. The van der Waals surface area contributed by atoms with E-state index in [1.54, 1.807) is 12.4 Å². The fourth-order valence-corrected chi connectivity index (χ4v) is 1.21. The molecule has 0 aliphatic carbocycles. The zero-order valence-corrected chi connectivity index (χ0v) is 8.82. The van der Waals surface area contributed by atoms with Gasteiger partial charge in [0.05, 0.1) is 0 Å². The van der Waals surface area contributed by atoms with Crippen LogP contribution >= 0.6 is 15.9 Å². The Morgan fingerprint density at radius 2 is 2.08 bits per heavy atom. The molecule has 0 N–H and O–H groups in total. The van der Waals surface area contributed by atoms with E-state index in [0.29, 0.717) is 6.04 Å². The van der Waals surface area contributed by atoms with Crippen molar-refractivity contribution in [3.63, 3.8) is 0 Å². The quantitative estimate of drug-likeness (QED) is 0.740. The smallest absolute Gasteiger partial charge is 0.225 e. The van der Waals surface area contributed by atoms with E-state index in [1.807, 2.05) is 18.0 Å². The molecular formula is C8H12BrN3. The van der Waals surface area contributed by atoms with Gasteiger partial charge >= 0.3 is 0 Å². The molecule has 1 atom stereocenters. The molecule has 12 heavy (non-hydrogen) atoms. The molecule has 0 fully saturated rings. The highest BCUT2D eigenvalue weighted by Gasteiger charge is 2.09. The summed E-state index contributed by atoms with van der Waals surface area (Å²) < 4.78 is 0. The van der Waals surface area contributed by atoms with Gasteiger partial charge in [-0.1, -0.05) is 15.9 Å². The van der Waals surface area contributed by atoms with Crippen molar-refractivity contribution in [1.82, 2.24) is 9.97 Å². The molecule has 1 unspecified atom stereocenters. The minimum Gasteiger partial charge on any atom is -0.340 e. The summed E-state index contributed by atoms with van der Waals surface area (Å²) in [5.74, 6) is 0.768. The van der Waals surface area contributed by atoms with Gasteiger partial charge in [0.15, 0.2) is 0 Å². The average Bonchev–Trinajstić information content (AvgIpc) is 2.17. The minimum absolute atomic E-state index is 0.410. The van der Waals surface area contributed by atoms with Crippen molar-refractivity contribution in [2.45, 2.75) is 13.0 Å². The standard InChI is InChI=1S/C8H12BrN3/c1-7(6-9)12(2)8-10-4-3-5-11-8/h3-5,7H,6H2,1-2H3. The topological polar surface area (TPSA) is 29.0 Å². The van der Waals surface area contributed by atoms with Crippen LogP contribution < -0.4 is 4.90 Å². The molecule has 66 valence electrons. The molecule has 0 saturated heterocycles. The van der Waals surface area contributed by atoms with E-state index >= 15 is 0 Å². The fourth-order valence-electron chi connectivity index (χ4n) is 0.774. The average molecular weight is 230 g/mol. The largest absolute Gasteiger partial charge is 0.340 e. The molecule has 0 bridgehead atoms. The summed E-state index contributed by atoms with van der Waals surface area (Å²) in [5.41, 5.74) is 0. The lowest BCUT2D eigenvalue weighted by Gasteiger charge is -2.22. The number of hydrogen-bond acceptors (Lipinski definition) is 3. The Morgan fingerprint density at radius 3 is 2.58 bits per heavy atom. The second-order valence-corrected chi connectivity index (χ2v) is 3.31. The maximum Gasteiger partial charge on any atom is 0.225 e. The number of nitrogens with zero attached hydrogens (tertiary/aromatic N) is 3. The van der Waals surface area contributed by atoms with Crippen LogP contribution in [0.3, 0.4) is 0 Å². The Kier molecular flexibility index (Phi) is 3.47. The van der Waals surface area contributed by atoms with E-state index in [2.05, 4.69) is 32.8 Å². The zero-order chi connectivity index (χ0) is 8.97. The first-order valence-corrected chi connectivity index (χ1v) is 4.93. The van der Waals surface area contributed by atoms with Crippen LogP contribution in [0.2, 0.25) is 0 Å². The third-order valence-electron chi connectivity index (χ3n) is 1.75. The van der Waals surface area contributed by atoms with Crippen molar-refractivity contribution in [2.24, 2.45) is 0 Å². The van der Waals surface area contributed by atoms with Gasteiger partial charge in [0.25, 0.3) is 0 Å². The first-order chi connectivity index (χ1) is 5.75. The van der Waals surface area contributed by atoms with Gasteiger partial charge in [0.2, 0.25) is 5.95 Å². The number of alkyl halides is 1. The van der Waals surface area contributed by atoms with Crippen LogP contribution in [0.4, 0.5) is 5.95 Å². The van der Waals surface area contributed by atoms with Crippen LogP contribution in [0.1, 0.15) is 6.92 Å². The first-order valence-electron chi connectivity index (χ1n) is 3.81. The van der Waals surface area contributed by atoms with E-state index in [-0.39, 0.29) is 0 Å². The molecule has 4 heteroatoms. The third kappa shape index (κ3) is 2.17. The van der Waals surface area contributed by atoms with Gasteiger partial charge in [-0.15, -0.1) is 0 Å². The van der Waals surface area contributed by atoms with Crippen molar-refractivity contribution in [2.75, 3.05) is 17.3 Å². The highest BCUT2D eigenvalue weighted by Crippen LogP contribution is 2.07. The number of rotatable bonds is 3. The summed E-state index contributed by atoms with van der Waals surface area (Å²) in [6, 6.07) is 2.23. The third-order valence-corrected chi connectivity index (χ3v) is 2.69. The van der Waals surface area contributed by atoms with Crippen molar-refractivity contribution in [3.8, 4) is 0 Å². The Hall–Kier alpha value is -0.640. The highest BCUT2D eigenvalue weighted by atomic mass is 79.9. The minimum atomic E-state index is 0.410. The predicted octanol–water partition coefficient (Wildman–Crippen LogP) is 1.70. The van der Waals surface area contributed by atoms with E-state index in [4.69, 9.17) is 0 Å². The van der Waals surface area contributed by atoms with Crippen LogP contribution in [0.15, 0.2) is 18.5 Å². The SMILES string of the molecule is CC(CBr)N(C)c1ncccn1. The Balaban J connectivity index is 2.71. The van der Waals surface area contributed by atoms with E-state index in [9.17, 15) is 0 Å². The van der Waals surface area contributed by atoms with Crippen molar-refractivity contribution < 1.29 is 0 Å². The fraction of sp³-hybridized carbons (Fsp3) is 0.500. The molecule has 3 nitrogen and oxygen atoms in total. The maximum absolute atomic E-state index is 4.14. The molecule has 0 amide bonds. The van der Waals surface area contributed by atoms with Crippen LogP contribution in [0.25, 0.3) is 0 Å². The predicted molar refractivity (Wildman–Crippen MR) is 53.7 cm³/mol. The van der Waals surface area contributed by atoms with Crippen molar-refractivity contribution in [3.05, 3.63) is 18.5 Å². The molecule has 1 heterocycles. The summed E-state index contributed by atoms with van der Waals surface area (Å²) in [5, 5.41) is 0.918. The summed E-state index contributed by atoms with van der Waals surface area (Å²) >= 11 is 3.42. The van der Waals surface area contributed by atoms with Crippen LogP contribution in [-0.4, -0.2) is 28.4 Å². The van der Waals surface area contributed by atoms with Crippen molar-refractivity contribution in [1.29, 1.82) is 0 Å². The van der Waals surface area contributed by atoms with E-state index < -0.39 is 0 Å². The lowest BCUT2D eigenvalue weighted by Crippen LogP contribution is -2.31. The second-order valence-electron chi connectivity index (χ2n) is 2.66. The highest BCUT2D eigenvalue weighted by molar-refractivity contribution is 9.09. The van der Waals surface area contributed by atoms with Gasteiger partial charge in [0, 0.05) is 30.8 Å². The normalized spacial score (nSPS) is 12.6. The molecule has 0 aliphatic heterocycles. The van der Waals surface area contributed by atoms with Gasteiger partial charge in [-0.05, 0) is 13.0 Å². The lowest BCUT2D eigenvalue weighted by molar-refractivity contribution is 0.742. The van der Waals surface area contributed by atoms with Crippen LogP contribution in [0.5, 0.6) is 0 Å². The molecule has 0 aliphatic rings. The molecular weight excluding hydrogens is 218 g/mol. The van der Waals surface area contributed by atoms with Gasteiger partial charge < -0.3 is 4.90 Å². The van der Waals surface area contributed by atoms with Gasteiger partial charge in [-0.25, -0.2) is 9.97 Å². The summed E-state index contributed by atoms with van der Waals surface area (Å²) in [7, 11) is 1.99. The Labute approximate surface area is 81.0 Å². The first kappa shape index (κ1) is 9.45. The number of hydrogen-bond donors (Lipinski definition) is 0. The second kappa shape index (κ2) is 4.40. The van der Waals surface area contributed by atoms with Gasteiger partial charge in [-0.2, -0.15) is 0 Å². The molecule has 1 aromatic heterocycles. The molecule has 0 aromatic carbocycles. The molecule has 0 spiro atoms. The molecule has 0 radical (unpaired) electrons. The molecule has 1 rings (SSSR count). The summed E-state index contributed by atoms with van der Waals surface area (Å²) in [6.45, 7) is 2.12. The number of anilines is 1.